The quantitative estimate of drug-likeness (QED) is 0.835. The minimum Gasteiger partial charge on any atom is -0.489 e. The molecule has 1 aliphatic heterocycles. The third kappa shape index (κ3) is 3.87. The largest absolute Gasteiger partial charge is 0.489 e. The Morgan fingerprint density at radius 2 is 2.12 bits per heavy atom. The number of nitrogens with zero attached hydrogens (tertiary/aromatic N) is 1. The van der Waals surface area contributed by atoms with Crippen molar-refractivity contribution >= 4 is 11.9 Å². The molecule has 24 heavy (non-hydrogen) atoms. The second kappa shape index (κ2) is 6.94. The number of carbonyl (C=O) groups is 2. The van der Waals surface area contributed by atoms with Crippen LogP contribution in [0.25, 0.3) is 0 Å². The second-order valence-electron chi connectivity index (χ2n) is 5.38. The summed E-state index contributed by atoms with van der Waals surface area (Å²) in [5, 5.41) is 8.98. The van der Waals surface area contributed by atoms with Gasteiger partial charge < -0.3 is 14.7 Å². The van der Waals surface area contributed by atoms with Crippen molar-refractivity contribution in [2.75, 3.05) is 19.7 Å². The van der Waals surface area contributed by atoms with E-state index in [1.165, 1.54) is 11.0 Å². The standard InChI is InChI=1S/C16H16F3NO4/c1-2-7-24-13-4-3-11(16(17,18)19)8-12(13)14(21)20-6-5-10(9-20)15(22)23/h2-4,8,10H,1,5-7,9H2,(H,22,23). The van der Waals surface area contributed by atoms with Gasteiger partial charge in [0.1, 0.15) is 12.4 Å². The average Bonchev–Trinajstić information content (AvgIpc) is 3.01. The van der Waals surface area contributed by atoms with E-state index in [1.807, 2.05) is 0 Å². The van der Waals surface area contributed by atoms with Crippen molar-refractivity contribution in [2.24, 2.45) is 5.92 Å². The summed E-state index contributed by atoms with van der Waals surface area (Å²) in [5.41, 5.74) is -1.21. The molecule has 1 amide bonds. The molecule has 5 nitrogen and oxygen atoms in total. The van der Waals surface area contributed by atoms with Crippen LogP contribution in [0.3, 0.4) is 0 Å². The first kappa shape index (κ1) is 17.8. The average molecular weight is 343 g/mol. The third-order valence-electron chi connectivity index (χ3n) is 3.72. The fourth-order valence-electron chi connectivity index (χ4n) is 2.46. The highest BCUT2D eigenvalue weighted by Gasteiger charge is 2.35. The highest BCUT2D eigenvalue weighted by molar-refractivity contribution is 5.97. The number of hydrogen-bond donors (Lipinski definition) is 1. The number of ether oxygens (including phenoxy) is 1. The summed E-state index contributed by atoms with van der Waals surface area (Å²) in [6, 6.07) is 2.65. The number of carbonyl (C=O) groups excluding carboxylic acids is 1. The highest BCUT2D eigenvalue weighted by Crippen LogP contribution is 2.33. The molecule has 1 N–H and O–H groups in total. The van der Waals surface area contributed by atoms with Gasteiger partial charge in [0, 0.05) is 13.1 Å². The van der Waals surface area contributed by atoms with Crippen LogP contribution in [0.4, 0.5) is 13.2 Å². The predicted molar refractivity (Wildman–Crippen MR) is 78.8 cm³/mol. The van der Waals surface area contributed by atoms with Gasteiger partial charge in [0.25, 0.3) is 5.91 Å². The Morgan fingerprint density at radius 1 is 1.42 bits per heavy atom. The van der Waals surface area contributed by atoms with E-state index in [0.29, 0.717) is 0 Å². The van der Waals surface area contributed by atoms with E-state index in [9.17, 15) is 22.8 Å². The number of amides is 1. The molecule has 1 aliphatic rings. The summed E-state index contributed by atoms with van der Waals surface area (Å²) < 4.78 is 44.0. The molecular weight excluding hydrogens is 327 g/mol. The Hall–Kier alpha value is -2.51. The normalized spacial score (nSPS) is 17.6. The second-order valence-corrected chi connectivity index (χ2v) is 5.38. The first-order valence-corrected chi connectivity index (χ1v) is 7.21. The highest BCUT2D eigenvalue weighted by atomic mass is 19.4. The van der Waals surface area contributed by atoms with Crippen molar-refractivity contribution in [1.82, 2.24) is 4.90 Å². The zero-order valence-electron chi connectivity index (χ0n) is 12.7. The Labute approximate surface area is 136 Å². The van der Waals surface area contributed by atoms with Crippen LogP contribution >= 0.6 is 0 Å². The Balaban J connectivity index is 2.32. The van der Waals surface area contributed by atoms with Crippen molar-refractivity contribution < 1.29 is 32.6 Å². The van der Waals surface area contributed by atoms with Crippen molar-refractivity contribution in [3.63, 3.8) is 0 Å². The predicted octanol–water partition coefficient (Wildman–Crippen LogP) is 2.82. The molecule has 2 rings (SSSR count). The Kier molecular flexibility index (Phi) is 5.16. The topological polar surface area (TPSA) is 66.8 Å². The van der Waals surface area contributed by atoms with Crippen molar-refractivity contribution in [3.05, 3.63) is 42.0 Å². The number of likely N-dealkylation sites (tertiary alicyclic amines) is 1. The fraction of sp³-hybridized carbons (Fsp3) is 0.375. The van der Waals surface area contributed by atoms with Crippen LogP contribution in [0, 0.1) is 5.92 Å². The number of carboxylic acid groups (broad SMARTS) is 1. The van der Waals surface area contributed by atoms with E-state index >= 15 is 0 Å². The number of rotatable bonds is 5. The molecule has 1 atom stereocenters. The molecule has 8 heteroatoms. The van der Waals surface area contributed by atoms with Gasteiger partial charge in [-0.15, -0.1) is 0 Å². The summed E-state index contributed by atoms with van der Waals surface area (Å²) in [4.78, 5) is 24.7. The van der Waals surface area contributed by atoms with E-state index < -0.39 is 29.5 Å². The van der Waals surface area contributed by atoms with Crippen molar-refractivity contribution in [3.8, 4) is 5.75 Å². The molecule has 1 aromatic carbocycles. The minimum absolute atomic E-state index is 0.00618. The van der Waals surface area contributed by atoms with Crippen LogP contribution in [0.15, 0.2) is 30.9 Å². The molecule has 0 aliphatic carbocycles. The molecule has 1 unspecified atom stereocenters. The lowest BCUT2D eigenvalue weighted by atomic mass is 10.1. The van der Waals surface area contributed by atoms with Crippen molar-refractivity contribution in [2.45, 2.75) is 12.6 Å². The summed E-state index contributed by atoms with van der Waals surface area (Å²) in [5.74, 6) is -2.41. The third-order valence-corrected chi connectivity index (χ3v) is 3.72. The number of carboxylic acids is 1. The van der Waals surface area contributed by atoms with E-state index in [0.717, 1.165) is 18.2 Å². The lowest BCUT2D eigenvalue weighted by Crippen LogP contribution is -2.30. The summed E-state index contributed by atoms with van der Waals surface area (Å²) in [6.45, 7) is 3.62. The van der Waals surface area contributed by atoms with Crippen LogP contribution in [0.2, 0.25) is 0 Å². The van der Waals surface area contributed by atoms with Crippen molar-refractivity contribution in [1.29, 1.82) is 0 Å². The number of aliphatic carboxylic acids is 1. The van der Waals surface area contributed by atoms with Gasteiger partial charge in [-0.3, -0.25) is 9.59 Å². The Bertz CT molecular complexity index is 657. The molecule has 1 fully saturated rings. The van der Waals surface area contributed by atoms with Gasteiger partial charge in [0.05, 0.1) is 17.0 Å². The molecule has 0 saturated carbocycles. The SMILES string of the molecule is C=CCOc1ccc(C(F)(F)F)cc1C(=O)N1CCC(C(=O)O)C1. The lowest BCUT2D eigenvalue weighted by Gasteiger charge is -2.19. The van der Waals surface area contributed by atoms with Gasteiger partial charge in [-0.1, -0.05) is 12.7 Å². The van der Waals surface area contributed by atoms with Crippen LogP contribution < -0.4 is 4.74 Å². The summed E-state index contributed by atoms with van der Waals surface area (Å²) >= 11 is 0. The van der Waals surface area contributed by atoms with Gasteiger partial charge >= 0.3 is 12.1 Å². The molecule has 0 radical (unpaired) electrons. The van der Waals surface area contributed by atoms with Crippen LogP contribution in [0.1, 0.15) is 22.3 Å². The van der Waals surface area contributed by atoms with Crippen LogP contribution in [0.5, 0.6) is 5.75 Å². The van der Waals surface area contributed by atoms with Gasteiger partial charge in [-0.25, -0.2) is 0 Å². The summed E-state index contributed by atoms with van der Waals surface area (Å²) in [7, 11) is 0. The zero-order valence-corrected chi connectivity index (χ0v) is 12.7. The Morgan fingerprint density at radius 3 is 2.67 bits per heavy atom. The monoisotopic (exact) mass is 343 g/mol. The van der Waals surface area contributed by atoms with Crippen LogP contribution in [-0.4, -0.2) is 41.6 Å². The van der Waals surface area contributed by atoms with E-state index in [-0.39, 0.29) is 37.4 Å². The number of halogens is 3. The number of alkyl halides is 3. The molecule has 0 spiro atoms. The smallest absolute Gasteiger partial charge is 0.416 e. The number of hydrogen-bond acceptors (Lipinski definition) is 3. The molecule has 0 aromatic heterocycles. The summed E-state index contributed by atoms with van der Waals surface area (Å²) in [6.07, 6.45) is -2.92. The first-order valence-electron chi connectivity index (χ1n) is 7.21. The van der Waals surface area contributed by atoms with E-state index in [4.69, 9.17) is 9.84 Å². The molecule has 0 bridgehead atoms. The molecular formula is C16H16F3NO4. The minimum atomic E-state index is -4.60. The molecule has 130 valence electrons. The van der Waals surface area contributed by atoms with Gasteiger partial charge in [-0.2, -0.15) is 13.2 Å². The fourth-order valence-corrected chi connectivity index (χ4v) is 2.46. The maximum atomic E-state index is 12.9. The lowest BCUT2D eigenvalue weighted by molar-refractivity contribution is -0.141. The molecule has 1 aromatic rings. The molecule has 1 heterocycles. The van der Waals surface area contributed by atoms with Gasteiger partial charge in [0.2, 0.25) is 0 Å². The maximum Gasteiger partial charge on any atom is 0.416 e. The van der Waals surface area contributed by atoms with E-state index in [1.54, 1.807) is 0 Å². The number of benzene rings is 1. The van der Waals surface area contributed by atoms with E-state index in [2.05, 4.69) is 6.58 Å². The van der Waals surface area contributed by atoms with Gasteiger partial charge in [0.15, 0.2) is 0 Å². The van der Waals surface area contributed by atoms with Crippen LogP contribution in [-0.2, 0) is 11.0 Å². The maximum absolute atomic E-state index is 12.9. The molecule has 1 saturated heterocycles. The first-order chi connectivity index (χ1) is 11.2. The van der Waals surface area contributed by atoms with Gasteiger partial charge in [-0.05, 0) is 24.6 Å². The zero-order chi connectivity index (χ0) is 17.9.